The Bertz CT molecular complexity index is 1280. The molecule has 1 aliphatic heterocycles. The zero-order valence-electron chi connectivity index (χ0n) is 18.7. The summed E-state index contributed by atoms with van der Waals surface area (Å²) in [4.78, 5) is 28.5. The molecule has 0 radical (unpaired) electrons. The number of methoxy groups -OCH3 is 2. The van der Waals surface area contributed by atoms with E-state index in [9.17, 15) is 9.59 Å². The van der Waals surface area contributed by atoms with Crippen molar-refractivity contribution in [2.75, 3.05) is 24.4 Å². The summed E-state index contributed by atoms with van der Waals surface area (Å²) >= 11 is 6.28. The number of halogens is 1. The lowest BCUT2D eigenvalue weighted by molar-refractivity contribution is -0.120. The van der Waals surface area contributed by atoms with Crippen molar-refractivity contribution in [2.45, 2.75) is 13.8 Å². The van der Waals surface area contributed by atoms with Crippen LogP contribution in [0.4, 0.5) is 11.4 Å². The Morgan fingerprint density at radius 1 is 0.879 bits per heavy atom. The summed E-state index contributed by atoms with van der Waals surface area (Å²) in [6.45, 7) is 3.81. The summed E-state index contributed by atoms with van der Waals surface area (Å²) in [5, 5.41) is 3.73. The largest absolute Gasteiger partial charge is 0.497 e. The van der Waals surface area contributed by atoms with Gasteiger partial charge in [0.05, 0.1) is 25.5 Å². The van der Waals surface area contributed by atoms with Gasteiger partial charge in [0.2, 0.25) is 0 Å². The second-order valence-electron chi connectivity index (χ2n) is 7.64. The van der Waals surface area contributed by atoms with Crippen LogP contribution in [0.1, 0.15) is 16.7 Å². The van der Waals surface area contributed by atoms with Crippen molar-refractivity contribution in [1.29, 1.82) is 0 Å². The minimum atomic E-state index is -0.499. The predicted octanol–water partition coefficient (Wildman–Crippen LogP) is 5.37. The smallest absolute Gasteiger partial charge is 0.282 e. The fraction of sp³-hybridized carbons (Fsp3) is 0.154. The Hall–Kier alpha value is -3.77. The molecule has 33 heavy (non-hydrogen) atoms. The molecule has 1 heterocycles. The van der Waals surface area contributed by atoms with Gasteiger partial charge in [-0.1, -0.05) is 47.5 Å². The first-order valence-electron chi connectivity index (χ1n) is 10.3. The number of amides is 2. The molecule has 3 aromatic carbocycles. The highest BCUT2D eigenvalue weighted by Crippen LogP contribution is 2.40. The molecule has 1 aliphatic rings. The van der Waals surface area contributed by atoms with Gasteiger partial charge < -0.3 is 14.8 Å². The van der Waals surface area contributed by atoms with Crippen molar-refractivity contribution >= 4 is 40.4 Å². The Balaban J connectivity index is 1.88. The van der Waals surface area contributed by atoms with E-state index in [-0.39, 0.29) is 11.3 Å². The minimum absolute atomic E-state index is 0.166. The van der Waals surface area contributed by atoms with Gasteiger partial charge in [-0.05, 0) is 49.2 Å². The molecule has 0 aromatic heterocycles. The van der Waals surface area contributed by atoms with Gasteiger partial charge >= 0.3 is 0 Å². The first-order valence-corrected chi connectivity index (χ1v) is 10.7. The van der Waals surface area contributed by atoms with Crippen molar-refractivity contribution in [2.24, 2.45) is 0 Å². The average molecular weight is 463 g/mol. The van der Waals surface area contributed by atoms with Gasteiger partial charge in [0.25, 0.3) is 11.8 Å². The Labute approximate surface area is 197 Å². The van der Waals surface area contributed by atoms with Crippen LogP contribution < -0.4 is 19.7 Å². The van der Waals surface area contributed by atoms with Gasteiger partial charge in [0.15, 0.2) is 0 Å². The second kappa shape index (κ2) is 9.00. The summed E-state index contributed by atoms with van der Waals surface area (Å²) in [5.41, 5.74) is 3.82. The quantitative estimate of drug-likeness (QED) is 0.499. The van der Waals surface area contributed by atoms with Crippen LogP contribution in [-0.4, -0.2) is 26.0 Å². The van der Waals surface area contributed by atoms with E-state index in [2.05, 4.69) is 5.32 Å². The Kier molecular flexibility index (Phi) is 6.11. The van der Waals surface area contributed by atoms with E-state index in [1.54, 1.807) is 30.3 Å². The van der Waals surface area contributed by atoms with Crippen molar-refractivity contribution in [3.8, 4) is 11.5 Å². The summed E-state index contributed by atoms with van der Waals surface area (Å²) in [6, 6.07) is 17.8. The molecule has 0 spiro atoms. The standard InChI is InChI=1S/C26H23ClN2O4/c1-15-8-10-17(11-9-15)23-24(28-20-7-5-6-19(27)16(20)2)26(31)29(25(23)30)21-14-18(32-3)12-13-22(21)33-4/h5-14,28H,1-4H3. The van der Waals surface area contributed by atoms with Crippen molar-refractivity contribution in [3.63, 3.8) is 0 Å². The van der Waals surface area contributed by atoms with E-state index in [1.807, 2.05) is 44.2 Å². The topological polar surface area (TPSA) is 67.9 Å². The molecule has 2 amide bonds. The molecule has 0 aliphatic carbocycles. The lowest BCUT2D eigenvalue weighted by atomic mass is 10.0. The molecular formula is C26H23ClN2O4. The number of anilines is 2. The number of carbonyl (C=O) groups is 2. The summed E-state index contributed by atoms with van der Waals surface area (Å²) in [5.74, 6) is -0.0876. The van der Waals surface area contributed by atoms with Crippen molar-refractivity contribution in [1.82, 2.24) is 0 Å². The van der Waals surface area contributed by atoms with Gasteiger partial charge in [0.1, 0.15) is 17.2 Å². The van der Waals surface area contributed by atoms with Crippen LogP contribution in [0, 0.1) is 13.8 Å². The van der Waals surface area contributed by atoms with E-state index in [0.717, 1.165) is 16.0 Å². The molecule has 4 rings (SSSR count). The third kappa shape index (κ3) is 4.05. The van der Waals surface area contributed by atoms with Crippen LogP contribution in [0.3, 0.4) is 0 Å². The monoisotopic (exact) mass is 462 g/mol. The van der Waals surface area contributed by atoms with E-state index >= 15 is 0 Å². The molecular weight excluding hydrogens is 440 g/mol. The van der Waals surface area contributed by atoms with Crippen LogP contribution in [0.2, 0.25) is 5.02 Å². The highest BCUT2D eigenvalue weighted by Gasteiger charge is 2.41. The number of carbonyl (C=O) groups excluding carboxylic acids is 2. The summed E-state index contributed by atoms with van der Waals surface area (Å²) in [6.07, 6.45) is 0. The maximum Gasteiger partial charge on any atom is 0.282 e. The Morgan fingerprint density at radius 2 is 1.61 bits per heavy atom. The predicted molar refractivity (Wildman–Crippen MR) is 130 cm³/mol. The SMILES string of the molecule is COc1ccc(OC)c(N2C(=O)C(Nc3cccc(Cl)c3C)=C(c3ccc(C)cc3)C2=O)c1. The highest BCUT2D eigenvalue weighted by molar-refractivity contribution is 6.46. The highest BCUT2D eigenvalue weighted by atomic mass is 35.5. The zero-order valence-corrected chi connectivity index (χ0v) is 19.5. The van der Waals surface area contributed by atoms with Gasteiger partial charge in [-0.2, -0.15) is 0 Å². The summed E-state index contributed by atoms with van der Waals surface area (Å²) in [7, 11) is 3.00. The van der Waals surface area contributed by atoms with Crippen LogP contribution in [0.5, 0.6) is 11.5 Å². The number of benzene rings is 3. The van der Waals surface area contributed by atoms with Gasteiger partial charge in [-0.15, -0.1) is 0 Å². The molecule has 0 saturated carbocycles. The Morgan fingerprint density at radius 3 is 2.27 bits per heavy atom. The van der Waals surface area contributed by atoms with Crippen molar-refractivity contribution in [3.05, 3.63) is 88.1 Å². The number of aryl methyl sites for hydroxylation is 1. The van der Waals surface area contributed by atoms with E-state index in [0.29, 0.717) is 33.5 Å². The normalized spacial score (nSPS) is 13.5. The fourth-order valence-corrected chi connectivity index (χ4v) is 3.88. The van der Waals surface area contributed by atoms with Crippen molar-refractivity contribution < 1.29 is 19.1 Å². The number of nitrogens with one attached hydrogen (secondary N) is 1. The first-order chi connectivity index (χ1) is 15.8. The second-order valence-corrected chi connectivity index (χ2v) is 8.04. The lowest BCUT2D eigenvalue weighted by Gasteiger charge is -2.19. The minimum Gasteiger partial charge on any atom is -0.497 e. The molecule has 3 aromatic rings. The van der Waals surface area contributed by atoms with E-state index in [4.69, 9.17) is 21.1 Å². The van der Waals surface area contributed by atoms with Gasteiger partial charge in [-0.25, -0.2) is 4.90 Å². The van der Waals surface area contributed by atoms with Gasteiger partial charge in [0, 0.05) is 16.8 Å². The number of hydrogen-bond donors (Lipinski definition) is 1. The number of rotatable bonds is 6. The average Bonchev–Trinajstić information content (AvgIpc) is 3.06. The number of imide groups is 1. The lowest BCUT2D eigenvalue weighted by Crippen LogP contribution is -2.32. The third-order valence-electron chi connectivity index (χ3n) is 5.58. The van der Waals surface area contributed by atoms with E-state index < -0.39 is 11.8 Å². The maximum absolute atomic E-state index is 13.7. The molecule has 168 valence electrons. The summed E-state index contributed by atoms with van der Waals surface area (Å²) < 4.78 is 10.8. The molecule has 0 unspecified atom stereocenters. The molecule has 7 heteroatoms. The molecule has 0 fully saturated rings. The molecule has 6 nitrogen and oxygen atoms in total. The number of nitrogens with zero attached hydrogens (tertiary/aromatic N) is 1. The molecule has 0 saturated heterocycles. The number of ether oxygens (including phenoxy) is 2. The molecule has 0 bridgehead atoms. The van der Waals surface area contributed by atoms with E-state index in [1.165, 1.54) is 14.2 Å². The van der Waals surface area contributed by atoms with Crippen LogP contribution in [0.25, 0.3) is 5.57 Å². The van der Waals surface area contributed by atoms with Crippen LogP contribution in [-0.2, 0) is 9.59 Å². The number of hydrogen-bond acceptors (Lipinski definition) is 5. The molecule has 1 N–H and O–H groups in total. The van der Waals surface area contributed by atoms with Gasteiger partial charge in [-0.3, -0.25) is 9.59 Å². The maximum atomic E-state index is 13.7. The zero-order chi connectivity index (χ0) is 23.7. The first kappa shape index (κ1) is 22.4. The van der Waals surface area contributed by atoms with Crippen LogP contribution >= 0.6 is 11.6 Å². The fourth-order valence-electron chi connectivity index (χ4n) is 3.70. The molecule has 0 atom stereocenters. The van der Waals surface area contributed by atoms with Crippen LogP contribution in [0.15, 0.2) is 66.4 Å². The third-order valence-corrected chi connectivity index (χ3v) is 5.99.